The molecule has 2 saturated carbocycles. The number of nitrogens with zero attached hydrogens (tertiary/aromatic N) is 3. The molecule has 0 bridgehead atoms. The van der Waals surface area contributed by atoms with Crippen molar-refractivity contribution in [3.8, 4) is 0 Å². The molecule has 11 nitrogen and oxygen atoms in total. The van der Waals surface area contributed by atoms with Crippen LogP contribution in [0.15, 0.2) is 30.5 Å². The minimum atomic E-state index is -3.08. The van der Waals surface area contributed by atoms with Crippen LogP contribution in [0.4, 0.5) is 10.5 Å². The Bertz CT molecular complexity index is 1540. The maximum Gasteiger partial charge on any atom is 0.318 e. The van der Waals surface area contributed by atoms with Crippen molar-refractivity contribution >= 4 is 33.4 Å². The second-order valence-electron chi connectivity index (χ2n) is 13.3. The second-order valence-corrected chi connectivity index (χ2v) is 15.4. The first-order valence-corrected chi connectivity index (χ1v) is 16.9. The molecule has 2 aromatic rings. The van der Waals surface area contributed by atoms with Crippen LogP contribution in [0.25, 0.3) is 0 Å². The third-order valence-corrected chi connectivity index (χ3v) is 11.6. The summed E-state index contributed by atoms with van der Waals surface area (Å²) in [5.74, 6) is 0.504. The number of nitrogens with one attached hydrogen (secondary N) is 3. The number of anilines is 1. The van der Waals surface area contributed by atoms with Gasteiger partial charge in [-0.15, -0.1) is 0 Å². The molecular weight excluding hydrogens is 556 g/mol. The molecule has 4 amide bonds. The highest BCUT2D eigenvalue weighted by Crippen LogP contribution is 2.51. The smallest absolute Gasteiger partial charge is 0.318 e. The number of amides is 4. The summed E-state index contributed by atoms with van der Waals surface area (Å²) in [6.07, 6.45) is 7.46. The maximum absolute atomic E-state index is 13.9. The lowest BCUT2D eigenvalue weighted by Gasteiger charge is -2.37. The highest BCUT2D eigenvalue weighted by Gasteiger charge is 2.56. The van der Waals surface area contributed by atoms with Crippen LogP contribution in [0, 0.1) is 17.8 Å². The Morgan fingerprint density at radius 3 is 2.43 bits per heavy atom. The van der Waals surface area contributed by atoms with Crippen molar-refractivity contribution in [3.05, 3.63) is 47.3 Å². The van der Waals surface area contributed by atoms with Gasteiger partial charge in [-0.05, 0) is 99.5 Å². The van der Waals surface area contributed by atoms with E-state index in [0.29, 0.717) is 29.8 Å². The van der Waals surface area contributed by atoms with Crippen molar-refractivity contribution in [1.29, 1.82) is 0 Å². The lowest BCUT2D eigenvalue weighted by Crippen LogP contribution is -2.63. The Labute approximate surface area is 245 Å². The zero-order valence-corrected chi connectivity index (χ0v) is 24.8. The number of urea groups is 1. The van der Waals surface area contributed by atoms with Gasteiger partial charge in [0.15, 0.2) is 9.84 Å². The number of aromatic nitrogens is 2. The van der Waals surface area contributed by atoms with E-state index in [2.05, 4.69) is 21.0 Å². The van der Waals surface area contributed by atoms with Gasteiger partial charge < -0.3 is 20.9 Å². The van der Waals surface area contributed by atoms with Gasteiger partial charge in [-0.25, -0.2) is 13.2 Å². The number of hydrogen-bond acceptors (Lipinski definition) is 6. The molecule has 2 atom stereocenters. The van der Waals surface area contributed by atoms with E-state index in [1.807, 2.05) is 32.0 Å². The lowest BCUT2D eigenvalue weighted by molar-refractivity contribution is -0.119. The molecule has 3 aliphatic carbocycles. The van der Waals surface area contributed by atoms with Crippen LogP contribution in [0.3, 0.4) is 0 Å². The van der Waals surface area contributed by atoms with Crippen molar-refractivity contribution in [3.63, 3.8) is 0 Å². The average molecular weight is 595 g/mol. The van der Waals surface area contributed by atoms with Crippen LogP contribution in [0.5, 0.6) is 0 Å². The molecule has 3 N–H and O–H groups in total. The van der Waals surface area contributed by atoms with Gasteiger partial charge in [0.25, 0.3) is 5.91 Å². The summed E-state index contributed by atoms with van der Waals surface area (Å²) in [6.45, 7) is 4.32. The van der Waals surface area contributed by atoms with E-state index < -0.39 is 21.4 Å². The first-order valence-electron chi connectivity index (χ1n) is 15.1. The molecule has 7 rings (SSSR count). The number of aryl methyl sites for hydroxylation is 1. The van der Waals surface area contributed by atoms with Gasteiger partial charge in [0.05, 0.1) is 23.1 Å². The largest absolute Gasteiger partial charge is 0.339 e. The van der Waals surface area contributed by atoms with E-state index in [4.69, 9.17) is 0 Å². The van der Waals surface area contributed by atoms with Crippen LogP contribution in [-0.4, -0.2) is 70.6 Å². The van der Waals surface area contributed by atoms with Gasteiger partial charge in [-0.3, -0.25) is 14.3 Å². The van der Waals surface area contributed by atoms with E-state index >= 15 is 0 Å². The Morgan fingerprint density at radius 2 is 1.79 bits per heavy atom. The summed E-state index contributed by atoms with van der Waals surface area (Å²) in [7, 11) is -3.08. The zero-order valence-electron chi connectivity index (χ0n) is 24.0. The van der Waals surface area contributed by atoms with Crippen LogP contribution in [0.2, 0.25) is 0 Å². The fraction of sp³-hybridized carbons (Fsp3) is 0.600. The molecule has 2 saturated heterocycles. The van der Waals surface area contributed by atoms with E-state index in [9.17, 15) is 22.8 Å². The minimum absolute atomic E-state index is 0.00693. The third-order valence-electron chi connectivity index (χ3n) is 9.61. The number of carbonyl (C=O) groups excluding carboxylic acids is 3. The summed E-state index contributed by atoms with van der Waals surface area (Å²) in [5.41, 5.74) is 2.55. The van der Waals surface area contributed by atoms with Gasteiger partial charge in [0.1, 0.15) is 11.7 Å². The van der Waals surface area contributed by atoms with E-state index in [0.717, 1.165) is 49.7 Å². The summed E-state index contributed by atoms with van der Waals surface area (Å²) in [4.78, 5) is 41.9. The van der Waals surface area contributed by atoms with Crippen LogP contribution >= 0.6 is 0 Å². The van der Waals surface area contributed by atoms with Crippen LogP contribution in [-0.2, 0) is 21.1 Å². The molecule has 12 heteroatoms. The molecule has 1 aromatic carbocycles. The summed E-state index contributed by atoms with van der Waals surface area (Å²) in [6, 6.07) is 6.53. The quantitative estimate of drug-likeness (QED) is 0.408. The molecule has 224 valence electrons. The Balaban J connectivity index is 1.08. The van der Waals surface area contributed by atoms with Gasteiger partial charge in [0.2, 0.25) is 5.91 Å². The topological polar surface area (TPSA) is 142 Å². The Kier molecular flexibility index (Phi) is 6.41. The molecule has 4 fully saturated rings. The molecule has 1 aromatic heterocycles. The Hall–Kier alpha value is -3.41. The van der Waals surface area contributed by atoms with E-state index in [1.165, 1.54) is 0 Å². The Morgan fingerprint density at radius 1 is 1.07 bits per heavy atom. The lowest BCUT2D eigenvalue weighted by atomic mass is 9.88. The highest BCUT2D eigenvalue weighted by molar-refractivity contribution is 7.93. The number of fused-ring (bicyclic) bond motifs is 1. The SMILES string of the molecule is CC(C)n1nccc1C(=O)N[C@H](C(=O)Nc1ccc2c(c1)CC[C@H]2N1CC2(CS(=O)(=O)C2)NC1=O)C(C1CC1)C1CC1. The van der Waals surface area contributed by atoms with Crippen LogP contribution in [0.1, 0.15) is 79.7 Å². The first kappa shape index (κ1) is 27.4. The first-order chi connectivity index (χ1) is 20.0. The normalized spacial score (nSPS) is 24.4. The number of benzene rings is 1. The summed E-state index contributed by atoms with van der Waals surface area (Å²) >= 11 is 0. The molecule has 2 aliphatic heterocycles. The summed E-state index contributed by atoms with van der Waals surface area (Å²) < 4.78 is 25.3. The van der Waals surface area contributed by atoms with Crippen molar-refractivity contribution in [1.82, 2.24) is 25.3 Å². The van der Waals surface area contributed by atoms with Crippen molar-refractivity contribution in [2.24, 2.45) is 17.8 Å². The van der Waals surface area contributed by atoms with E-state index in [-0.39, 0.29) is 47.4 Å². The fourth-order valence-electron chi connectivity index (χ4n) is 7.52. The average Bonchev–Trinajstić information content (AvgIpc) is 3.81. The van der Waals surface area contributed by atoms with E-state index in [1.54, 1.807) is 21.8 Å². The summed E-state index contributed by atoms with van der Waals surface area (Å²) in [5, 5.41) is 13.4. The second kappa shape index (κ2) is 9.82. The molecule has 42 heavy (non-hydrogen) atoms. The van der Waals surface area contributed by atoms with Crippen molar-refractivity contribution in [2.45, 2.75) is 76.0 Å². The zero-order chi connectivity index (χ0) is 29.4. The number of sulfone groups is 1. The minimum Gasteiger partial charge on any atom is -0.339 e. The fourth-order valence-corrected chi connectivity index (χ4v) is 9.44. The van der Waals surface area contributed by atoms with Gasteiger partial charge >= 0.3 is 6.03 Å². The molecule has 0 radical (unpaired) electrons. The maximum atomic E-state index is 13.9. The molecule has 1 spiro atoms. The standard InChI is InChI=1S/C30H38N6O5S/c1-17(2)36-24(11-12-31-36)27(37)33-26(25(18-3-4-18)19-5-6-19)28(38)32-21-8-9-22-20(13-21)7-10-23(22)35-14-30(34-29(35)39)15-42(40,41)16-30/h8-9,11-13,17-19,23,25-26H,3-7,10,14-16H2,1-2H3,(H,32,38)(H,33,37)(H,34,39)/t23-,26+/m1/s1. The molecule has 3 heterocycles. The van der Waals surface area contributed by atoms with Gasteiger partial charge in [-0.1, -0.05) is 6.07 Å². The monoisotopic (exact) mass is 594 g/mol. The number of hydrogen-bond donors (Lipinski definition) is 3. The number of carbonyl (C=O) groups is 3. The van der Waals surface area contributed by atoms with Crippen LogP contribution < -0.4 is 16.0 Å². The molecule has 5 aliphatic rings. The van der Waals surface area contributed by atoms with Crippen molar-refractivity contribution < 1.29 is 22.8 Å². The molecule has 0 unspecified atom stereocenters. The van der Waals surface area contributed by atoms with Crippen molar-refractivity contribution in [2.75, 3.05) is 23.4 Å². The number of rotatable bonds is 9. The predicted molar refractivity (Wildman–Crippen MR) is 156 cm³/mol. The molecular formula is C30H38N6O5S. The van der Waals surface area contributed by atoms with Gasteiger partial charge in [-0.2, -0.15) is 5.10 Å². The predicted octanol–water partition coefficient (Wildman–Crippen LogP) is 2.82. The third kappa shape index (κ3) is 4.97. The highest BCUT2D eigenvalue weighted by atomic mass is 32.2. The van der Waals surface area contributed by atoms with Gasteiger partial charge in [0, 0.05) is 24.5 Å².